The van der Waals surface area contributed by atoms with Gasteiger partial charge in [0.25, 0.3) is 0 Å². The van der Waals surface area contributed by atoms with E-state index in [9.17, 15) is 4.79 Å². The van der Waals surface area contributed by atoms with Crippen molar-refractivity contribution in [1.29, 1.82) is 0 Å². The third-order valence-electron chi connectivity index (χ3n) is 3.38. The summed E-state index contributed by atoms with van der Waals surface area (Å²) in [5.41, 5.74) is 0. The first kappa shape index (κ1) is 13.0. The maximum absolute atomic E-state index is 12.3. The molecule has 0 bridgehead atoms. The summed E-state index contributed by atoms with van der Waals surface area (Å²) in [6.45, 7) is 5.86. The number of β-amino-alcohol motifs (C(OH)–C–C–N with tert-alkyl or cyclic N) is 1. The van der Waals surface area contributed by atoms with E-state index < -0.39 is 0 Å². The van der Waals surface area contributed by atoms with Gasteiger partial charge in [0.2, 0.25) is 5.91 Å². The Morgan fingerprint density at radius 2 is 2.11 bits per heavy atom. The highest BCUT2D eigenvalue weighted by atomic mass is 16.3. The summed E-state index contributed by atoms with van der Waals surface area (Å²) >= 11 is 0. The molecule has 2 rings (SSSR count). The molecule has 1 amide bonds. The van der Waals surface area contributed by atoms with Gasteiger partial charge in [-0.15, -0.1) is 0 Å². The molecule has 100 valence electrons. The van der Waals surface area contributed by atoms with Crippen molar-refractivity contribution < 1.29 is 9.90 Å². The first-order valence-corrected chi connectivity index (χ1v) is 6.33. The lowest BCUT2D eigenvalue weighted by molar-refractivity contribution is -0.136. The molecule has 2 heterocycles. The van der Waals surface area contributed by atoms with Crippen LogP contribution in [0.4, 0.5) is 0 Å². The Bertz CT molecular complexity index is 371. The maximum atomic E-state index is 12.3. The van der Waals surface area contributed by atoms with E-state index in [2.05, 4.69) is 10.00 Å². The molecule has 6 nitrogen and oxygen atoms in total. The third kappa shape index (κ3) is 2.88. The van der Waals surface area contributed by atoms with Crippen LogP contribution >= 0.6 is 0 Å². The zero-order chi connectivity index (χ0) is 13.0. The molecular formula is C12H20N4O2. The number of hydrogen-bond donors (Lipinski definition) is 1. The van der Waals surface area contributed by atoms with Gasteiger partial charge in [-0.05, 0) is 13.0 Å². The van der Waals surface area contributed by atoms with Crippen LogP contribution in [0.15, 0.2) is 18.5 Å². The number of aliphatic hydroxyl groups is 1. The molecule has 0 aliphatic carbocycles. The van der Waals surface area contributed by atoms with Gasteiger partial charge in [0, 0.05) is 45.1 Å². The Hall–Kier alpha value is -1.40. The second-order valence-corrected chi connectivity index (χ2v) is 4.55. The summed E-state index contributed by atoms with van der Waals surface area (Å²) in [5.74, 6) is 0.113. The topological polar surface area (TPSA) is 61.6 Å². The largest absolute Gasteiger partial charge is 0.395 e. The highest BCUT2D eigenvalue weighted by Crippen LogP contribution is 2.11. The van der Waals surface area contributed by atoms with E-state index >= 15 is 0 Å². The highest BCUT2D eigenvalue weighted by molar-refractivity contribution is 5.80. The number of carbonyl (C=O) groups excluding carboxylic acids is 1. The number of aliphatic hydroxyl groups excluding tert-OH is 1. The van der Waals surface area contributed by atoms with Crippen molar-refractivity contribution in [3.8, 4) is 0 Å². The van der Waals surface area contributed by atoms with Crippen LogP contribution in [0.1, 0.15) is 13.0 Å². The van der Waals surface area contributed by atoms with Crippen LogP contribution in [-0.4, -0.2) is 69.9 Å². The summed E-state index contributed by atoms with van der Waals surface area (Å²) < 4.78 is 1.68. The molecule has 0 radical (unpaired) electrons. The Kier molecular flexibility index (Phi) is 4.33. The number of hydrogen-bond acceptors (Lipinski definition) is 4. The minimum atomic E-state index is -0.246. The summed E-state index contributed by atoms with van der Waals surface area (Å²) in [6.07, 6.45) is 3.49. The van der Waals surface area contributed by atoms with E-state index in [1.165, 1.54) is 0 Å². The van der Waals surface area contributed by atoms with E-state index in [-0.39, 0.29) is 18.6 Å². The molecule has 0 saturated carbocycles. The molecule has 1 N–H and O–H groups in total. The van der Waals surface area contributed by atoms with Crippen LogP contribution in [0.2, 0.25) is 0 Å². The predicted octanol–water partition coefficient (Wildman–Crippen LogP) is -0.419. The van der Waals surface area contributed by atoms with E-state index in [0.717, 1.165) is 26.2 Å². The van der Waals surface area contributed by atoms with Gasteiger partial charge in [-0.2, -0.15) is 5.10 Å². The second kappa shape index (κ2) is 5.97. The minimum Gasteiger partial charge on any atom is -0.395 e. The van der Waals surface area contributed by atoms with Crippen molar-refractivity contribution in [2.24, 2.45) is 0 Å². The molecule has 1 aromatic heterocycles. The van der Waals surface area contributed by atoms with Crippen molar-refractivity contribution in [1.82, 2.24) is 19.6 Å². The van der Waals surface area contributed by atoms with Gasteiger partial charge in [0.1, 0.15) is 6.04 Å². The number of rotatable bonds is 4. The molecular weight excluding hydrogens is 232 g/mol. The molecule has 0 aromatic carbocycles. The van der Waals surface area contributed by atoms with Crippen molar-refractivity contribution in [3.63, 3.8) is 0 Å². The van der Waals surface area contributed by atoms with E-state index in [0.29, 0.717) is 6.54 Å². The van der Waals surface area contributed by atoms with E-state index in [4.69, 9.17) is 5.11 Å². The van der Waals surface area contributed by atoms with Crippen molar-refractivity contribution in [3.05, 3.63) is 18.5 Å². The SMILES string of the molecule is CC(C(=O)N1CCN(CCO)CC1)n1cccn1. The Balaban J connectivity index is 1.87. The average molecular weight is 252 g/mol. The fourth-order valence-electron chi connectivity index (χ4n) is 2.22. The smallest absolute Gasteiger partial charge is 0.247 e. The average Bonchev–Trinajstić information content (AvgIpc) is 2.92. The van der Waals surface area contributed by atoms with Gasteiger partial charge < -0.3 is 10.0 Å². The van der Waals surface area contributed by atoms with Crippen LogP contribution in [-0.2, 0) is 4.79 Å². The fraction of sp³-hybridized carbons (Fsp3) is 0.667. The zero-order valence-electron chi connectivity index (χ0n) is 10.7. The van der Waals surface area contributed by atoms with Crippen LogP contribution < -0.4 is 0 Å². The first-order valence-electron chi connectivity index (χ1n) is 6.33. The summed E-state index contributed by atoms with van der Waals surface area (Å²) in [4.78, 5) is 16.3. The molecule has 1 aliphatic rings. The molecule has 1 atom stereocenters. The summed E-state index contributed by atoms with van der Waals surface area (Å²) in [5, 5.41) is 13.0. The zero-order valence-corrected chi connectivity index (χ0v) is 10.7. The Morgan fingerprint density at radius 3 is 2.67 bits per heavy atom. The Labute approximate surface area is 107 Å². The molecule has 1 aromatic rings. The highest BCUT2D eigenvalue weighted by Gasteiger charge is 2.25. The van der Waals surface area contributed by atoms with Gasteiger partial charge >= 0.3 is 0 Å². The van der Waals surface area contributed by atoms with Crippen molar-refractivity contribution >= 4 is 5.91 Å². The van der Waals surface area contributed by atoms with Gasteiger partial charge in [-0.1, -0.05) is 0 Å². The normalized spacial score (nSPS) is 18.9. The molecule has 1 saturated heterocycles. The van der Waals surface area contributed by atoms with Crippen LogP contribution in [0.5, 0.6) is 0 Å². The van der Waals surface area contributed by atoms with E-state index in [1.54, 1.807) is 10.9 Å². The lowest BCUT2D eigenvalue weighted by Gasteiger charge is -2.35. The monoisotopic (exact) mass is 252 g/mol. The van der Waals surface area contributed by atoms with Gasteiger partial charge in [0.05, 0.1) is 6.61 Å². The lowest BCUT2D eigenvalue weighted by atomic mass is 10.2. The Morgan fingerprint density at radius 1 is 1.39 bits per heavy atom. The maximum Gasteiger partial charge on any atom is 0.247 e. The number of carbonyl (C=O) groups is 1. The number of aromatic nitrogens is 2. The van der Waals surface area contributed by atoms with Gasteiger partial charge in [-0.3, -0.25) is 14.4 Å². The number of piperazine rings is 1. The third-order valence-corrected chi connectivity index (χ3v) is 3.38. The van der Waals surface area contributed by atoms with Crippen LogP contribution in [0.3, 0.4) is 0 Å². The quantitative estimate of drug-likeness (QED) is 0.790. The van der Waals surface area contributed by atoms with E-state index in [1.807, 2.05) is 24.1 Å². The number of amides is 1. The fourth-order valence-corrected chi connectivity index (χ4v) is 2.22. The van der Waals surface area contributed by atoms with Crippen LogP contribution in [0, 0.1) is 0 Å². The lowest BCUT2D eigenvalue weighted by Crippen LogP contribution is -2.50. The van der Waals surface area contributed by atoms with Crippen molar-refractivity contribution in [2.75, 3.05) is 39.3 Å². The molecule has 1 unspecified atom stereocenters. The molecule has 18 heavy (non-hydrogen) atoms. The summed E-state index contributed by atoms with van der Waals surface area (Å²) in [7, 11) is 0. The molecule has 1 aliphatic heterocycles. The second-order valence-electron chi connectivity index (χ2n) is 4.55. The van der Waals surface area contributed by atoms with Gasteiger partial charge in [0.15, 0.2) is 0 Å². The minimum absolute atomic E-state index is 0.113. The van der Waals surface area contributed by atoms with Gasteiger partial charge in [-0.25, -0.2) is 0 Å². The van der Waals surface area contributed by atoms with Crippen LogP contribution in [0.25, 0.3) is 0 Å². The molecule has 1 fully saturated rings. The standard InChI is InChI=1S/C12H20N4O2/c1-11(16-4-2-3-13-16)12(18)15-7-5-14(6-8-15)9-10-17/h2-4,11,17H,5-10H2,1H3. The van der Waals surface area contributed by atoms with Crippen molar-refractivity contribution in [2.45, 2.75) is 13.0 Å². The number of nitrogens with zero attached hydrogens (tertiary/aromatic N) is 4. The summed E-state index contributed by atoms with van der Waals surface area (Å²) in [6, 6.07) is 1.58. The predicted molar refractivity (Wildman–Crippen MR) is 67.0 cm³/mol. The molecule has 0 spiro atoms. The first-order chi connectivity index (χ1) is 8.72. The molecule has 6 heteroatoms.